The van der Waals surface area contributed by atoms with Crippen LogP contribution in [-0.4, -0.2) is 44.4 Å². The van der Waals surface area contributed by atoms with E-state index >= 15 is 4.39 Å². The molecule has 2 aromatic rings. The van der Waals surface area contributed by atoms with Crippen molar-refractivity contribution in [3.63, 3.8) is 0 Å². The van der Waals surface area contributed by atoms with Gasteiger partial charge in [-0.15, -0.1) is 0 Å². The van der Waals surface area contributed by atoms with Crippen molar-refractivity contribution in [2.24, 2.45) is 0 Å². The third-order valence-corrected chi connectivity index (χ3v) is 4.72. The summed E-state index contributed by atoms with van der Waals surface area (Å²) in [5, 5.41) is 3.22. The second-order valence-electron chi connectivity index (χ2n) is 6.48. The van der Waals surface area contributed by atoms with Crippen LogP contribution in [0, 0.1) is 12.7 Å². The molecule has 4 rings (SSSR count). The van der Waals surface area contributed by atoms with Gasteiger partial charge in [-0.05, 0) is 38.1 Å². The highest BCUT2D eigenvalue weighted by molar-refractivity contribution is 5.73. The summed E-state index contributed by atoms with van der Waals surface area (Å²) in [5.41, 5.74) is 2.08. The first-order valence-electron chi connectivity index (χ1n) is 8.78. The zero-order valence-corrected chi connectivity index (χ0v) is 14.9. The van der Waals surface area contributed by atoms with Crippen molar-refractivity contribution in [3.05, 3.63) is 35.8 Å². The summed E-state index contributed by atoms with van der Waals surface area (Å²) in [4.78, 5) is 6.20. The lowest BCUT2D eigenvalue weighted by Crippen LogP contribution is -2.30. The molecule has 26 heavy (non-hydrogen) atoms. The number of hydrogen-bond donors (Lipinski definition) is 1. The monoisotopic (exact) mass is 359 g/mol. The van der Waals surface area contributed by atoms with Gasteiger partial charge >= 0.3 is 0 Å². The third kappa shape index (κ3) is 3.03. The number of nitrogens with zero attached hydrogens (tertiary/aromatic N) is 2. The Bertz CT molecular complexity index is 809. The minimum absolute atomic E-state index is 0.00888. The quantitative estimate of drug-likeness (QED) is 0.906. The highest BCUT2D eigenvalue weighted by Gasteiger charge is 2.28. The normalized spacial score (nSPS) is 19.0. The van der Waals surface area contributed by atoms with Gasteiger partial charge in [0.15, 0.2) is 11.6 Å². The maximum absolute atomic E-state index is 15.3. The maximum Gasteiger partial charge on any atom is 0.216 e. The van der Waals surface area contributed by atoms with Gasteiger partial charge in [-0.2, -0.15) is 0 Å². The van der Waals surface area contributed by atoms with Gasteiger partial charge in [0.25, 0.3) is 0 Å². The molecule has 0 aliphatic carbocycles. The average Bonchev–Trinajstić information content (AvgIpc) is 3.17. The molecule has 0 bridgehead atoms. The molecule has 1 unspecified atom stereocenters. The van der Waals surface area contributed by atoms with Crippen molar-refractivity contribution < 1.29 is 18.6 Å². The minimum atomic E-state index is -0.400. The molecule has 2 aliphatic heterocycles. The van der Waals surface area contributed by atoms with Gasteiger partial charge in [0.2, 0.25) is 5.88 Å². The smallest absolute Gasteiger partial charge is 0.216 e. The van der Waals surface area contributed by atoms with Crippen LogP contribution >= 0.6 is 0 Å². The number of methoxy groups -OCH3 is 1. The highest BCUT2D eigenvalue weighted by atomic mass is 19.1. The summed E-state index contributed by atoms with van der Waals surface area (Å²) in [6.07, 6.45) is 2.55. The van der Waals surface area contributed by atoms with E-state index in [9.17, 15) is 0 Å². The number of ether oxygens (including phenoxy) is 3. The van der Waals surface area contributed by atoms with E-state index < -0.39 is 5.82 Å². The number of pyridine rings is 1. The van der Waals surface area contributed by atoms with Crippen molar-refractivity contribution in [2.45, 2.75) is 19.4 Å². The van der Waals surface area contributed by atoms with Crippen molar-refractivity contribution in [1.82, 2.24) is 10.3 Å². The molecule has 1 fully saturated rings. The lowest BCUT2D eigenvalue weighted by Gasteiger charge is -2.32. The molecule has 7 heteroatoms. The molecule has 0 spiro atoms. The first kappa shape index (κ1) is 16.9. The summed E-state index contributed by atoms with van der Waals surface area (Å²) >= 11 is 0. The van der Waals surface area contributed by atoms with Crippen LogP contribution in [0.4, 0.5) is 15.8 Å². The molecular weight excluding hydrogens is 337 g/mol. The molecule has 2 aliphatic rings. The molecule has 1 aromatic carbocycles. The van der Waals surface area contributed by atoms with E-state index in [4.69, 9.17) is 14.2 Å². The number of nitrogens with one attached hydrogen (secondary N) is 1. The second-order valence-corrected chi connectivity index (χ2v) is 6.48. The van der Waals surface area contributed by atoms with E-state index in [1.807, 2.05) is 17.9 Å². The zero-order valence-electron chi connectivity index (χ0n) is 14.9. The van der Waals surface area contributed by atoms with Crippen molar-refractivity contribution >= 4 is 11.4 Å². The first-order valence-corrected chi connectivity index (χ1v) is 8.78. The van der Waals surface area contributed by atoms with E-state index in [0.717, 1.165) is 30.8 Å². The Labute approximate surface area is 151 Å². The largest absolute Gasteiger partial charge is 0.489 e. The van der Waals surface area contributed by atoms with Gasteiger partial charge in [-0.1, -0.05) is 0 Å². The van der Waals surface area contributed by atoms with E-state index in [2.05, 4.69) is 10.3 Å². The maximum atomic E-state index is 15.3. The van der Waals surface area contributed by atoms with Crippen LogP contribution in [0.1, 0.15) is 12.0 Å². The van der Waals surface area contributed by atoms with Crippen LogP contribution in [0.2, 0.25) is 0 Å². The Morgan fingerprint density at radius 2 is 2.27 bits per heavy atom. The molecule has 0 amide bonds. The van der Waals surface area contributed by atoms with Gasteiger partial charge < -0.3 is 24.4 Å². The van der Waals surface area contributed by atoms with E-state index in [-0.39, 0.29) is 11.9 Å². The Kier molecular flexibility index (Phi) is 4.55. The molecule has 0 saturated carbocycles. The Hall–Kier alpha value is -2.54. The van der Waals surface area contributed by atoms with E-state index in [1.165, 1.54) is 0 Å². The van der Waals surface area contributed by atoms with Gasteiger partial charge in [0.1, 0.15) is 24.1 Å². The summed E-state index contributed by atoms with van der Waals surface area (Å²) in [6, 6.07) is 5.36. The second kappa shape index (κ2) is 6.99. The van der Waals surface area contributed by atoms with Crippen LogP contribution in [0.5, 0.6) is 17.4 Å². The van der Waals surface area contributed by atoms with Gasteiger partial charge in [-0.3, -0.25) is 0 Å². The van der Waals surface area contributed by atoms with Crippen molar-refractivity contribution in [3.8, 4) is 17.4 Å². The molecule has 138 valence electrons. The Balaban J connectivity index is 1.70. The average molecular weight is 359 g/mol. The Morgan fingerprint density at radius 1 is 1.38 bits per heavy atom. The van der Waals surface area contributed by atoms with Crippen molar-refractivity contribution in [2.75, 3.05) is 38.3 Å². The minimum Gasteiger partial charge on any atom is -0.489 e. The fraction of sp³-hybridized carbons (Fsp3) is 0.421. The number of fused-ring (bicyclic) bond motifs is 1. The van der Waals surface area contributed by atoms with Crippen LogP contribution in [-0.2, 0) is 0 Å². The predicted octanol–water partition coefficient (Wildman–Crippen LogP) is 2.81. The molecule has 1 aromatic heterocycles. The van der Waals surface area contributed by atoms with Crippen LogP contribution in [0.3, 0.4) is 0 Å². The molecule has 3 heterocycles. The van der Waals surface area contributed by atoms with Crippen LogP contribution in [0.15, 0.2) is 24.4 Å². The predicted molar refractivity (Wildman–Crippen MR) is 96.3 cm³/mol. The molecule has 6 nitrogen and oxygen atoms in total. The summed E-state index contributed by atoms with van der Waals surface area (Å²) in [7, 11) is 1.58. The van der Waals surface area contributed by atoms with Crippen LogP contribution in [0.25, 0.3) is 0 Å². The number of hydrogen-bond acceptors (Lipinski definition) is 6. The van der Waals surface area contributed by atoms with Crippen molar-refractivity contribution in [1.29, 1.82) is 0 Å². The summed E-state index contributed by atoms with van der Waals surface area (Å²) < 4.78 is 32.0. The molecular formula is C19H22FN3O3. The van der Waals surface area contributed by atoms with Gasteiger partial charge in [-0.25, -0.2) is 9.37 Å². The standard InChI is InChI=1S/C19H22FN3O3/c1-12-9-13(10-22-19(12)24-2)23-7-8-25-16-4-3-15(17(20)18(16)23)26-14-5-6-21-11-14/h3-4,9-10,14,21H,5-8,11H2,1-2H3. The van der Waals surface area contributed by atoms with E-state index in [0.29, 0.717) is 30.5 Å². The first-order chi connectivity index (χ1) is 12.7. The topological polar surface area (TPSA) is 55.9 Å². The number of aryl methyl sites for hydroxylation is 1. The summed E-state index contributed by atoms with van der Waals surface area (Å²) in [6.45, 7) is 4.55. The highest BCUT2D eigenvalue weighted by Crippen LogP contribution is 2.42. The van der Waals surface area contributed by atoms with Gasteiger partial charge in [0, 0.05) is 12.1 Å². The van der Waals surface area contributed by atoms with E-state index in [1.54, 1.807) is 25.4 Å². The number of anilines is 2. The molecule has 0 radical (unpaired) electrons. The molecule has 1 saturated heterocycles. The number of halogens is 1. The van der Waals surface area contributed by atoms with Gasteiger partial charge in [0.05, 0.1) is 25.5 Å². The molecule has 1 atom stereocenters. The lowest BCUT2D eigenvalue weighted by molar-refractivity contribution is 0.212. The van der Waals surface area contributed by atoms with Crippen LogP contribution < -0.4 is 24.4 Å². The number of rotatable bonds is 4. The fourth-order valence-corrected chi connectivity index (χ4v) is 3.42. The Morgan fingerprint density at radius 3 is 3.00 bits per heavy atom. The number of aromatic nitrogens is 1. The SMILES string of the molecule is COc1ncc(N2CCOc3ccc(OC4CCNC4)c(F)c32)cc1C. The lowest BCUT2D eigenvalue weighted by atomic mass is 10.1. The zero-order chi connectivity index (χ0) is 18.1. The molecule has 1 N–H and O–H groups in total. The summed E-state index contributed by atoms with van der Waals surface area (Å²) in [5.74, 6) is 0.932. The third-order valence-electron chi connectivity index (χ3n) is 4.72. The fourth-order valence-electron chi connectivity index (χ4n) is 3.42. The number of benzene rings is 1.